The van der Waals surface area contributed by atoms with Crippen LogP contribution in [-0.4, -0.2) is 19.0 Å². The molecule has 0 spiro atoms. The first kappa shape index (κ1) is 14.4. The number of amides is 1. The highest BCUT2D eigenvalue weighted by Gasteiger charge is 2.11. The summed E-state index contributed by atoms with van der Waals surface area (Å²) in [6, 6.07) is 4.59. The van der Waals surface area contributed by atoms with Crippen LogP contribution in [0.1, 0.15) is 25.3 Å². The molecule has 0 atom stereocenters. The van der Waals surface area contributed by atoms with E-state index in [-0.39, 0.29) is 18.9 Å². The Balaban J connectivity index is 2.95. The quantitative estimate of drug-likeness (QED) is 0.771. The molecule has 4 nitrogen and oxygen atoms in total. The van der Waals surface area contributed by atoms with Crippen LogP contribution in [-0.2, 0) is 11.3 Å². The molecule has 100 valence electrons. The second-order valence-corrected chi connectivity index (χ2v) is 4.26. The van der Waals surface area contributed by atoms with Crippen molar-refractivity contribution < 1.29 is 9.18 Å². The van der Waals surface area contributed by atoms with E-state index in [1.807, 2.05) is 0 Å². The first-order valence-corrected chi connectivity index (χ1v) is 6.09. The highest BCUT2D eigenvalue weighted by molar-refractivity contribution is 5.79. The maximum absolute atomic E-state index is 13.4. The number of rotatable bonds is 7. The number of unbranched alkanes of at least 4 members (excludes halogenated alkanes) is 1. The summed E-state index contributed by atoms with van der Waals surface area (Å²) in [5, 5.41) is 0. The van der Waals surface area contributed by atoms with E-state index in [9.17, 15) is 9.18 Å². The highest BCUT2D eigenvalue weighted by atomic mass is 19.1. The van der Waals surface area contributed by atoms with E-state index in [2.05, 4.69) is 6.92 Å². The molecule has 0 saturated heterocycles. The molecule has 18 heavy (non-hydrogen) atoms. The Morgan fingerprint density at radius 1 is 1.39 bits per heavy atom. The Kier molecular flexibility index (Phi) is 5.58. The summed E-state index contributed by atoms with van der Waals surface area (Å²) in [4.78, 5) is 12.8. The Morgan fingerprint density at radius 3 is 2.67 bits per heavy atom. The Bertz CT molecular complexity index is 409. The molecule has 0 aliphatic rings. The van der Waals surface area contributed by atoms with E-state index in [1.165, 1.54) is 12.1 Å². The van der Waals surface area contributed by atoms with Crippen molar-refractivity contribution >= 4 is 11.6 Å². The number of nitrogens with two attached hydrogens (primary N) is 2. The van der Waals surface area contributed by atoms with Gasteiger partial charge in [0, 0.05) is 18.8 Å². The van der Waals surface area contributed by atoms with E-state index >= 15 is 0 Å². The highest BCUT2D eigenvalue weighted by Crippen LogP contribution is 2.19. The van der Waals surface area contributed by atoms with Crippen molar-refractivity contribution in [1.82, 2.24) is 0 Å². The molecule has 0 unspecified atom stereocenters. The first-order chi connectivity index (χ1) is 8.56. The van der Waals surface area contributed by atoms with Crippen LogP contribution in [0.5, 0.6) is 0 Å². The number of carbonyl (C=O) groups is 1. The van der Waals surface area contributed by atoms with Gasteiger partial charge in [-0.05, 0) is 30.2 Å². The molecule has 1 amide bonds. The van der Waals surface area contributed by atoms with Gasteiger partial charge >= 0.3 is 0 Å². The maximum Gasteiger partial charge on any atom is 0.236 e. The van der Waals surface area contributed by atoms with Crippen molar-refractivity contribution in [2.75, 3.05) is 18.0 Å². The van der Waals surface area contributed by atoms with Gasteiger partial charge in [0.05, 0.1) is 6.54 Å². The minimum Gasteiger partial charge on any atom is -0.368 e. The normalized spacial score (nSPS) is 10.4. The van der Waals surface area contributed by atoms with Gasteiger partial charge in [0.25, 0.3) is 0 Å². The van der Waals surface area contributed by atoms with E-state index in [0.29, 0.717) is 17.8 Å². The molecule has 0 fully saturated rings. The lowest BCUT2D eigenvalue weighted by molar-refractivity contribution is -0.116. The van der Waals surface area contributed by atoms with Gasteiger partial charge in [-0.1, -0.05) is 13.3 Å². The molecule has 0 aromatic heterocycles. The van der Waals surface area contributed by atoms with Crippen molar-refractivity contribution in [2.24, 2.45) is 11.5 Å². The van der Waals surface area contributed by atoms with Gasteiger partial charge in [0.2, 0.25) is 5.91 Å². The molecular formula is C13H20FN3O. The summed E-state index contributed by atoms with van der Waals surface area (Å²) < 4.78 is 13.4. The van der Waals surface area contributed by atoms with Gasteiger partial charge in [-0.3, -0.25) is 4.79 Å². The predicted octanol–water partition coefficient (Wildman–Crippen LogP) is 1.38. The number of hydrogen-bond donors (Lipinski definition) is 2. The van der Waals surface area contributed by atoms with Crippen LogP contribution in [0, 0.1) is 5.82 Å². The SMILES string of the molecule is CCCCN(CC(N)=O)c1cc(F)cc(CN)c1. The van der Waals surface area contributed by atoms with E-state index in [0.717, 1.165) is 12.8 Å². The summed E-state index contributed by atoms with van der Waals surface area (Å²) in [6.45, 7) is 3.09. The van der Waals surface area contributed by atoms with Crippen molar-refractivity contribution in [3.05, 3.63) is 29.6 Å². The fraction of sp³-hybridized carbons (Fsp3) is 0.462. The lowest BCUT2D eigenvalue weighted by atomic mass is 10.1. The van der Waals surface area contributed by atoms with Crippen LogP contribution in [0.2, 0.25) is 0 Å². The molecule has 5 heteroatoms. The zero-order chi connectivity index (χ0) is 13.5. The predicted molar refractivity (Wildman–Crippen MR) is 70.6 cm³/mol. The summed E-state index contributed by atoms with van der Waals surface area (Å²) in [5.41, 5.74) is 12.1. The van der Waals surface area contributed by atoms with Gasteiger partial charge < -0.3 is 16.4 Å². The zero-order valence-corrected chi connectivity index (χ0v) is 10.7. The molecule has 0 radical (unpaired) electrons. The monoisotopic (exact) mass is 253 g/mol. The third kappa shape index (κ3) is 4.33. The molecule has 1 aromatic rings. The van der Waals surface area contributed by atoms with Crippen molar-refractivity contribution in [3.8, 4) is 0 Å². The number of anilines is 1. The number of halogens is 1. The smallest absolute Gasteiger partial charge is 0.236 e. The Labute approximate surface area is 107 Å². The lowest BCUT2D eigenvalue weighted by Gasteiger charge is -2.23. The third-order valence-electron chi connectivity index (χ3n) is 2.67. The Hall–Kier alpha value is -1.62. The Morgan fingerprint density at radius 2 is 2.11 bits per heavy atom. The van der Waals surface area contributed by atoms with Crippen LogP contribution in [0.3, 0.4) is 0 Å². The largest absolute Gasteiger partial charge is 0.368 e. The molecule has 0 saturated carbocycles. The van der Waals surface area contributed by atoms with E-state index in [1.54, 1.807) is 11.0 Å². The molecule has 1 aromatic carbocycles. The second-order valence-electron chi connectivity index (χ2n) is 4.26. The van der Waals surface area contributed by atoms with Crippen molar-refractivity contribution in [1.29, 1.82) is 0 Å². The lowest BCUT2D eigenvalue weighted by Crippen LogP contribution is -2.34. The average molecular weight is 253 g/mol. The molecule has 0 aliphatic carbocycles. The molecular weight excluding hydrogens is 233 g/mol. The summed E-state index contributed by atoms with van der Waals surface area (Å²) >= 11 is 0. The van der Waals surface area contributed by atoms with Crippen molar-refractivity contribution in [3.63, 3.8) is 0 Å². The summed E-state index contributed by atoms with van der Waals surface area (Å²) in [7, 11) is 0. The minimum absolute atomic E-state index is 0.0907. The molecule has 0 heterocycles. The van der Waals surface area contributed by atoms with Crippen molar-refractivity contribution in [2.45, 2.75) is 26.3 Å². The number of carbonyl (C=O) groups excluding carboxylic acids is 1. The first-order valence-electron chi connectivity index (χ1n) is 6.09. The maximum atomic E-state index is 13.4. The van der Waals surface area contributed by atoms with Gasteiger partial charge in [-0.15, -0.1) is 0 Å². The molecule has 4 N–H and O–H groups in total. The van der Waals surface area contributed by atoms with Crippen LogP contribution in [0.25, 0.3) is 0 Å². The van der Waals surface area contributed by atoms with Crippen LogP contribution in [0.4, 0.5) is 10.1 Å². The summed E-state index contributed by atoms with van der Waals surface area (Å²) in [5.74, 6) is -0.774. The minimum atomic E-state index is -0.426. The topological polar surface area (TPSA) is 72.3 Å². The third-order valence-corrected chi connectivity index (χ3v) is 2.67. The van der Waals surface area contributed by atoms with Crippen LogP contribution >= 0.6 is 0 Å². The number of primary amides is 1. The second kappa shape index (κ2) is 6.96. The standard InChI is InChI=1S/C13H20FN3O/c1-2-3-4-17(9-13(16)18)12-6-10(8-15)5-11(14)7-12/h5-7H,2-4,8-9,15H2,1H3,(H2,16,18). The number of hydrogen-bond acceptors (Lipinski definition) is 3. The molecule has 0 bridgehead atoms. The van der Waals surface area contributed by atoms with Gasteiger partial charge in [0.1, 0.15) is 5.82 Å². The van der Waals surface area contributed by atoms with E-state index in [4.69, 9.17) is 11.5 Å². The molecule has 1 rings (SSSR count). The van der Waals surface area contributed by atoms with Gasteiger partial charge in [-0.2, -0.15) is 0 Å². The average Bonchev–Trinajstić information content (AvgIpc) is 2.33. The fourth-order valence-corrected chi connectivity index (χ4v) is 1.77. The van der Waals surface area contributed by atoms with Gasteiger partial charge in [0.15, 0.2) is 0 Å². The fourth-order valence-electron chi connectivity index (χ4n) is 1.77. The van der Waals surface area contributed by atoms with Gasteiger partial charge in [-0.25, -0.2) is 4.39 Å². The van der Waals surface area contributed by atoms with E-state index < -0.39 is 5.91 Å². The van der Waals surface area contributed by atoms with Crippen LogP contribution < -0.4 is 16.4 Å². The van der Waals surface area contributed by atoms with Crippen LogP contribution in [0.15, 0.2) is 18.2 Å². The summed E-state index contributed by atoms with van der Waals surface area (Å²) in [6.07, 6.45) is 1.91. The number of benzene rings is 1. The molecule has 0 aliphatic heterocycles. The number of nitrogens with zero attached hydrogens (tertiary/aromatic N) is 1. The zero-order valence-electron chi connectivity index (χ0n) is 10.7.